The second-order valence-electron chi connectivity index (χ2n) is 3.03. The summed E-state index contributed by atoms with van der Waals surface area (Å²) in [5.74, 6) is 1.19. The lowest BCUT2D eigenvalue weighted by molar-refractivity contribution is 0.115. The van der Waals surface area contributed by atoms with Crippen molar-refractivity contribution in [1.82, 2.24) is 15.5 Å². The van der Waals surface area contributed by atoms with E-state index in [0.717, 1.165) is 19.5 Å². The summed E-state index contributed by atoms with van der Waals surface area (Å²) in [7, 11) is 0. The van der Waals surface area contributed by atoms with E-state index in [-0.39, 0.29) is 0 Å². The fraction of sp³-hybridized carbons (Fsp3) is 0.778. The lowest BCUT2D eigenvalue weighted by atomic mass is 10.5. The van der Waals surface area contributed by atoms with Crippen LogP contribution >= 0.6 is 0 Å². The summed E-state index contributed by atoms with van der Waals surface area (Å²) in [5, 5.41) is 6.96. The SMILES string of the molecule is CCCNCCOCc1noc(C)n1. The molecule has 5 nitrogen and oxygen atoms in total. The molecule has 0 radical (unpaired) electrons. The van der Waals surface area contributed by atoms with Crippen LogP contribution < -0.4 is 5.32 Å². The molecule has 1 aromatic rings. The Morgan fingerprint density at radius 1 is 1.43 bits per heavy atom. The summed E-state index contributed by atoms with van der Waals surface area (Å²) in [4.78, 5) is 4.02. The van der Waals surface area contributed by atoms with Gasteiger partial charge < -0.3 is 14.6 Å². The third-order valence-electron chi connectivity index (χ3n) is 1.65. The Morgan fingerprint density at radius 3 is 2.93 bits per heavy atom. The van der Waals surface area contributed by atoms with Gasteiger partial charge in [-0.15, -0.1) is 0 Å². The number of hydrogen-bond acceptors (Lipinski definition) is 5. The van der Waals surface area contributed by atoms with Crippen LogP contribution in [0, 0.1) is 6.92 Å². The van der Waals surface area contributed by atoms with Crippen LogP contribution in [0.3, 0.4) is 0 Å². The fourth-order valence-electron chi connectivity index (χ4n) is 1.01. The van der Waals surface area contributed by atoms with Crippen LogP contribution in [-0.2, 0) is 11.3 Å². The fourth-order valence-corrected chi connectivity index (χ4v) is 1.01. The van der Waals surface area contributed by atoms with E-state index in [4.69, 9.17) is 9.26 Å². The molecule has 0 aromatic carbocycles. The summed E-state index contributed by atoms with van der Waals surface area (Å²) >= 11 is 0. The van der Waals surface area contributed by atoms with Crippen LogP contribution in [0.15, 0.2) is 4.52 Å². The minimum Gasteiger partial charge on any atom is -0.372 e. The molecule has 1 aromatic heterocycles. The van der Waals surface area contributed by atoms with Crippen LogP contribution in [0.25, 0.3) is 0 Å². The van der Waals surface area contributed by atoms with Crippen molar-refractivity contribution in [3.63, 3.8) is 0 Å². The van der Waals surface area contributed by atoms with Gasteiger partial charge in [-0.05, 0) is 13.0 Å². The Hall–Kier alpha value is -0.940. The number of aromatic nitrogens is 2. The quantitative estimate of drug-likeness (QED) is 0.661. The van der Waals surface area contributed by atoms with Crippen molar-refractivity contribution < 1.29 is 9.26 Å². The summed E-state index contributed by atoms with van der Waals surface area (Å²) in [6, 6.07) is 0. The minimum atomic E-state index is 0.422. The van der Waals surface area contributed by atoms with Gasteiger partial charge in [-0.2, -0.15) is 4.98 Å². The highest BCUT2D eigenvalue weighted by Crippen LogP contribution is 1.96. The van der Waals surface area contributed by atoms with Crippen molar-refractivity contribution in [1.29, 1.82) is 0 Å². The van der Waals surface area contributed by atoms with Gasteiger partial charge in [0.1, 0.15) is 6.61 Å². The van der Waals surface area contributed by atoms with Crippen molar-refractivity contribution in [2.24, 2.45) is 0 Å². The third kappa shape index (κ3) is 4.34. The van der Waals surface area contributed by atoms with E-state index in [0.29, 0.717) is 24.9 Å². The zero-order valence-electron chi connectivity index (χ0n) is 8.75. The summed E-state index contributed by atoms with van der Waals surface area (Å²) in [6.45, 7) is 6.89. The first-order valence-corrected chi connectivity index (χ1v) is 4.90. The first-order chi connectivity index (χ1) is 6.83. The number of nitrogens with one attached hydrogen (secondary N) is 1. The monoisotopic (exact) mass is 199 g/mol. The maximum Gasteiger partial charge on any atom is 0.223 e. The number of nitrogens with zero attached hydrogens (tertiary/aromatic N) is 2. The maximum atomic E-state index is 5.33. The number of hydrogen-bond donors (Lipinski definition) is 1. The highest BCUT2D eigenvalue weighted by molar-refractivity contribution is 4.80. The zero-order chi connectivity index (χ0) is 10.2. The Morgan fingerprint density at radius 2 is 2.29 bits per heavy atom. The van der Waals surface area contributed by atoms with E-state index < -0.39 is 0 Å². The maximum absolute atomic E-state index is 5.33. The van der Waals surface area contributed by atoms with E-state index in [1.54, 1.807) is 6.92 Å². The normalized spacial score (nSPS) is 10.7. The van der Waals surface area contributed by atoms with Gasteiger partial charge in [-0.1, -0.05) is 12.1 Å². The van der Waals surface area contributed by atoms with Crippen LogP contribution in [0.5, 0.6) is 0 Å². The highest BCUT2D eigenvalue weighted by atomic mass is 16.5. The van der Waals surface area contributed by atoms with Gasteiger partial charge in [0, 0.05) is 13.5 Å². The molecule has 1 rings (SSSR count). The van der Waals surface area contributed by atoms with Crippen LogP contribution in [0.2, 0.25) is 0 Å². The van der Waals surface area contributed by atoms with Gasteiger partial charge in [-0.25, -0.2) is 0 Å². The minimum absolute atomic E-state index is 0.422. The Labute approximate surface area is 83.8 Å². The van der Waals surface area contributed by atoms with Gasteiger partial charge in [0.25, 0.3) is 0 Å². The van der Waals surface area contributed by atoms with E-state index >= 15 is 0 Å². The standard InChI is InChI=1S/C9H17N3O2/c1-3-4-10-5-6-13-7-9-11-8(2)14-12-9/h10H,3-7H2,1-2H3. The molecule has 5 heteroatoms. The molecule has 0 spiro atoms. The smallest absolute Gasteiger partial charge is 0.223 e. The lowest BCUT2D eigenvalue weighted by Crippen LogP contribution is -2.20. The zero-order valence-corrected chi connectivity index (χ0v) is 8.75. The van der Waals surface area contributed by atoms with Crippen molar-refractivity contribution in [2.45, 2.75) is 26.9 Å². The molecular weight excluding hydrogens is 182 g/mol. The Balaban J connectivity index is 1.99. The van der Waals surface area contributed by atoms with Gasteiger partial charge >= 0.3 is 0 Å². The third-order valence-corrected chi connectivity index (χ3v) is 1.65. The van der Waals surface area contributed by atoms with E-state index in [1.807, 2.05) is 0 Å². The van der Waals surface area contributed by atoms with Gasteiger partial charge in [0.15, 0.2) is 5.82 Å². The molecule has 0 saturated carbocycles. The Bertz CT molecular complexity index is 250. The van der Waals surface area contributed by atoms with Crippen LogP contribution in [0.4, 0.5) is 0 Å². The Kier molecular flexibility index (Phi) is 5.17. The summed E-state index contributed by atoms with van der Waals surface area (Å²) < 4.78 is 10.1. The molecule has 0 amide bonds. The molecule has 0 unspecified atom stereocenters. The topological polar surface area (TPSA) is 60.2 Å². The second kappa shape index (κ2) is 6.50. The van der Waals surface area contributed by atoms with Crippen molar-refractivity contribution >= 4 is 0 Å². The van der Waals surface area contributed by atoms with E-state index in [2.05, 4.69) is 22.4 Å². The predicted octanol–water partition coefficient (Wildman–Crippen LogP) is 0.894. The first-order valence-electron chi connectivity index (χ1n) is 4.90. The van der Waals surface area contributed by atoms with Crippen molar-refractivity contribution in [2.75, 3.05) is 19.7 Å². The molecule has 0 saturated heterocycles. The second-order valence-corrected chi connectivity index (χ2v) is 3.03. The molecule has 0 atom stereocenters. The molecule has 0 aliphatic carbocycles. The molecule has 1 N–H and O–H groups in total. The van der Waals surface area contributed by atoms with Gasteiger partial charge in [-0.3, -0.25) is 0 Å². The number of rotatable bonds is 7. The van der Waals surface area contributed by atoms with E-state index in [1.165, 1.54) is 0 Å². The molecule has 0 aliphatic heterocycles. The van der Waals surface area contributed by atoms with Crippen LogP contribution in [0.1, 0.15) is 25.1 Å². The highest BCUT2D eigenvalue weighted by Gasteiger charge is 2.00. The molecule has 14 heavy (non-hydrogen) atoms. The van der Waals surface area contributed by atoms with E-state index in [9.17, 15) is 0 Å². The molecule has 0 aliphatic rings. The van der Waals surface area contributed by atoms with Gasteiger partial charge in [0.2, 0.25) is 5.89 Å². The summed E-state index contributed by atoms with van der Waals surface area (Å²) in [6.07, 6.45) is 1.14. The molecule has 80 valence electrons. The van der Waals surface area contributed by atoms with Crippen LogP contribution in [-0.4, -0.2) is 29.8 Å². The molecular formula is C9H17N3O2. The first kappa shape index (κ1) is 11.1. The average molecular weight is 199 g/mol. The molecule has 1 heterocycles. The molecule has 0 fully saturated rings. The van der Waals surface area contributed by atoms with Crippen molar-refractivity contribution in [3.8, 4) is 0 Å². The number of aryl methyl sites for hydroxylation is 1. The predicted molar refractivity (Wildman–Crippen MR) is 51.9 cm³/mol. The van der Waals surface area contributed by atoms with Crippen molar-refractivity contribution in [3.05, 3.63) is 11.7 Å². The summed E-state index contributed by atoms with van der Waals surface area (Å²) in [5.41, 5.74) is 0. The average Bonchev–Trinajstić information content (AvgIpc) is 2.58. The largest absolute Gasteiger partial charge is 0.372 e. The molecule has 0 bridgehead atoms. The lowest BCUT2D eigenvalue weighted by Gasteiger charge is -2.02. The number of ether oxygens (including phenoxy) is 1. The van der Waals surface area contributed by atoms with Gasteiger partial charge in [0.05, 0.1) is 6.61 Å².